The van der Waals surface area contributed by atoms with Crippen molar-refractivity contribution in [1.29, 1.82) is 0 Å². The van der Waals surface area contributed by atoms with Gasteiger partial charge in [-0.3, -0.25) is 14.7 Å². The molecule has 1 aliphatic heterocycles. The zero-order valence-electron chi connectivity index (χ0n) is 14.3. The summed E-state index contributed by atoms with van der Waals surface area (Å²) in [4.78, 5) is 18.7. The second kappa shape index (κ2) is 8.74. The highest BCUT2D eigenvalue weighted by Crippen LogP contribution is 2.18. The fraction of sp³-hybridized carbons (Fsp3) is 0.400. The first-order valence-corrected chi connectivity index (χ1v) is 8.84. The molecular weight excluding hydrogens is 314 g/mol. The van der Waals surface area contributed by atoms with Crippen molar-refractivity contribution < 1.29 is 9.90 Å². The van der Waals surface area contributed by atoms with E-state index in [1.54, 1.807) is 18.3 Å². The zero-order valence-corrected chi connectivity index (χ0v) is 14.3. The van der Waals surface area contributed by atoms with Crippen molar-refractivity contribution in [2.45, 2.75) is 25.5 Å². The standard InChI is InChI=1S/C20H25N3O2/c24-19(18-8-2-1-3-9-18)20(25)22-13-17-7-5-11-23(15-17)14-16-6-4-10-21-12-16/h1-4,6,8-10,12,17,19,24H,5,7,11,13-15H2,(H,22,25)/t17-,19-/m1/s1. The summed E-state index contributed by atoms with van der Waals surface area (Å²) in [6, 6.07) is 13.1. The summed E-state index contributed by atoms with van der Waals surface area (Å²) in [5.41, 5.74) is 1.84. The lowest BCUT2D eigenvalue weighted by molar-refractivity contribution is -0.129. The van der Waals surface area contributed by atoms with Gasteiger partial charge in [-0.1, -0.05) is 36.4 Å². The lowest BCUT2D eigenvalue weighted by atomic mass is 9.97. The van der Waals surface area contributed by atoms with Crippen molar-refractivity contribution in [3.8, 4) is 0 Å². The van der Waals surface area contributed by atoms with E-state index in [1.807, 2.05) is 30.5 Å². The summed E-state index contributed by atoms with van der Waals surface area (Å²) in [6.45, 7) is 3.53. The molecule has 0 aliphatic carbocycles. The first-order chi connectivity index (χ1) is 12.2. The topological polar surface area (TPSA) is 65.5 Å². The molecule has 0 bridgehead atoms. The summed E-state index contributed by atoms with van der Waals surface area (Å²) in [6.07, 6.45) is 4.82. The van der Waals surface area contributed by atoms with Crippen molar-refractivity contribution in [2.75, 3.05) is 19.6 Å². The lowest BCUT2D eigenvalue weighted by Crippen LogP contribution is -2.41. The Hall–Kier alpha value is -2.24. The smallest absolute Gasteiger partial charge is 0.253 e. The molecule has 1 aliphatic rings. The van der Waals surface area contributed by atoms with Gasteiger partial charge in [0.05, 0.1) is 0 Å². The minimum atomic E-state index is -1.10. The predicted octanol–water partition coefficient (Wildman–Crippen LogP) is 2.14. The van der Waals surface area contributed by atoms with E-state index in [4.69, 9.17) is 0 Å². The fourth-order valence-electron chi connectivity index (χ4n) is 3.34. The van der Waals surface area contributed by atoms with Crippen LogP contribution in [0.5, 0.6) is 0 Å². The fourth-order valence-corrected chi connectivity index (χ4v) is 3.34. The van der Waals surface area contributed by atoms with Gasteiger partial charge in [0.25, 0.3) is 5.91 Å². The first kappa shape index (κ1) is 17.6. The number of piperidine rings is 1. The number of hydrogen-bond donors (Lipinski definition) is 2. The van der Waals surface area contributed by atoms with E-state index in [-0.39, 0.29) is 5.91 Å². The van der Waals surface area contributed by atoms with Crippen molar-refractivity contribution in [2.24, 2.45) is 5.92 Å². The lowest BCUT2D eigenvalue weighted by Gasteiger charge is -2.33. The number of aliphatic hydroxyl groups is 1. The number of carbonyl (C=O) groups excluding carboxylic acids is 1. The molecule has 1 aromatic heterocycles. The minimum absolute atomic E-state index is 0.324. The molecule has 2 heterocycles. The molecule has 1 amide bonds. The van der Waals surface area contributed by atoms with Gasteiger partial charge in [0.1, 0.15) is 0 Å². The average Bonchev–Trinajstić information content (AvgIpc) is 2.67. The van der Waals surface area contributed by atoms with E-state index in [0.717, 1.165) is 32.5 Å². The Balaban J connectivity index is 1.47. The Morgan fingerprint density at radius 1 is 1.28 bits per heavy atom. The molecule has 1 aromatic carbocycles. The number of amides is 1. The number of hydrogen-bond acceptors (Lipinski definition) is 4. The van der Waals surface area contributed by atoms with E-state index in [0.29, 0.717) is 18.0 Å². The minimum Gasteiger partial charge on any atom is -0.378 e. The summed E-state index contributed by atoms with van der Waals surface area (Å²) in [7, 11) is 0. The molecule has 3 rings (SSSR count). The van der Waals surface area contributed by atoms with Crippen LogP contribution in [-0.4, -0.2) is 40.5 Å². The monoisotopic (exact) mass is 339 g/mol. The molecule has 5 heteroatoms. The maximum absolute atomic E-state index is 12.2. The number of nitrogens with zero attached hydrogens (tertiary/aromatic N) is 2. The Bertz CT molecular complexity index is 663. The predicted molar refractivity (Wildman–Crippen MR) is 96.6 cm³/mol. The Morgan fingerprint density at radius 3 is 2.88 bits per heavy atom. The molecule has 2 N–H and O–H groups in total. The van der Waals surface area contributed by atoms with E-state index < -0.39 is 6.10 Å². The highest BCUT2D eigenvalue weighted by atomic mass is 16.3. The van der Waals surface area contributed by atoms with Gasteiger partial charge in [-0.15, -0.1) is 0 Å². The SMILES string of the molecule is O=C(NC[C@H]1CCCN(Cc2cccnc2)C1)[C@H](O)c1ccccc1. The van der Waals surface area contributed by atoms with Crippen LogP contribution in [0, 0.1) is 5.92 Å². The maximum atomic E-state index is 12.2. The number of rotatable bonds is 6. The van der Waals surface area contributed by atoms with Gasteiger partial charge in [0.15, 0.2) is 6.10 Å². The molecule has 2 atom stereocenters. The quantitative estimate of drug-likeness (QED) is 0.846. The van der Waals surface area contributed by atoms with Crippen LogP contribution in [-0.2, 0) is 11.3 Å². The molecule has 0 spiro atoms. The summed E-state index contributed by atoms with van der Waals surface area (Å²) in [5, 5.41) is 13.0. The molecule has 25 heavy (non-hydrogen) atoms. The van der Waals surface area contributed by atoms with Crippen LogP contribution >= 0.6 is 0 Å². The van der Waals surface area contributed by atoms with Crippen LogP contribution in [0.15, 0.2) is 54.9 Å². The largest absolute Gasteiger partial charge is 0.378 e. The highest BCUT2D eigenvalue weighted by molar-refractivity contribution is 5.81. The summed E-state index contributed by atoms with van der Waals surface area (Å²) >= 11 is 0. The Kier molecular flexibility index (Phi) is 6.14. The second-order valence-electron chi connectivity index (χ2n) is 6.66. The van der Waals surface area contributed by atoms with Gasteiger partial charge in [0.2, 0.25) is 0 Å². The number of pyridine rings is 1. The van der Waals surface area contributed by atoms with Gasteiger partial charge < -0.3 is 10.4 Å². The van der Waals surface area contributed by atoms with Crippen molar-refractivity contribution >= 4 is 5.91 Å². The van der Waals surface area contributed by atoms with Crippen molar-refractivity contribution in [1.82, 2.24) is 15.2 Å². The Labute approximate surface area is 148 Å². The molecule has 2 aromatic rings. The first-order valence-electron chi connectivity index (χ1n) is 8.84. The average molecular weight is 339 g/mol. The summed E-state index contributed by atoms with van der Waals surface area (Å²) in [5.74, 6) is 0.0907. The van der Waals surface area contributed by atoms with Crippen LogP contribution in [0.25, 0.3) is 0 Å². The number of aliphatic hydroxyl groups excluding tert-OH is 1. The van der Waals surface area contributed by atoms with Gasteiger partial charge in [-0.05, 0) is 42.5 Å². The molecule has 0 saturated carbocycles. The van der Waals surface area contributed by atoms with E-state index in [2.05, 4.69) is 21.3 Å². The van der Waals surface area contributed by atoms with Gasteiger partial charge in [-0.25, -0.2) is 0 Å². The number of benzene rings is 1. The van der Waals surface area contributed by atoms with Crippen LogP contribution in [0.2, 0.25) is 0 Å². The van der Waals surface area contributed by atoms with Gasteiger partial charge in [0, 0.05) is 32.0 Å². The maximum Gasteiger partial charge on any atom is 0.253 e. The molecule has 5 nitrogen and oxygen atoms in total. The third kappa shape index (κ3) is 5.11. The second-order valence-corrected chi connectivity index (χ2v) is 6.66. The molecule has 0 radical (unpaired) electrons. The van der Waals surface area contributed by atoms with Crippen molar-refractivity contribution in [3.05, 3.63) is 66.0 Å². The normalized spacial score (nSPS) is 19.3. The van der Waals surface area contributed by atoms with Crippen LogP contribution in [0.1, 0.15) is 30.1 Å². The van der Waals surface area contributed by atoms with Gasteiger partial charge >= 0.3 is 0 Å². The number of aromatic nitrogens is 1. The number of likely N-dealkylation sites (tertiary alicyclic amines) is 1. The van der Waals surface area contributed by atoms with E-state index in [1.165, 1.54) is 5.56 Å². The summed E-state index contributed by atoms with van der Waals surface area (Å²) < 4.78 is 0. The third-order valence-electron chi connectivity index (χ3n) is 4.66. The van der Waals surface area contributed by atoms with Crippen molar-refractivity contribution in [3.63, 3.8) is 0 Å². The van der Waals surface area contributed by atoms with Crippen LogP contribution < -0.4 is 5.32 Å². The zero-order chi connectivity index (χ0) is 17.5. The van der Waals surface area contributed by atoms with E-state index >= 15 is 0 Å². The third-order valence-corrected chi connectivity index (χ3v) is 4.66. The number of nitrogens with one attached hydrogen (secondary N) is 1. The number of carbonyl (C=O) groups is 1. The molecular formula is C20H25N3O2. The molecule has 132 valence electrons. The molecule has 1 fully saturated rings. The Morgan fingerprint density at radius 2 is 2.12 bits per heavy atom. The van der Waals surface area contributed by atoms with Crippen LogP contribution in [0.3, 0.4) is 0 Å². The van der Waals surface area contributed by atoms with Crippen LogP contribution in [0.4, 0.5) is 0 Å². The molecule has 1 saturated heterocycles. The molecule has 0 unspecified atom stereocenters. The van der Waals surface area contributed by atoms with E-state index in [9.17, 15) is 9.90 Å². The highest BCUT2D eigenvalue weighted by Gasteiger charge is 2.22. The van der Waals surface area contributed by atoms with Gasteiger partial charge in [-0.2, -0.15) is 0 Å².